The third-order valence-corrected chi connectivity index (χ3v) is 2.76. The van der Waals surface area contributed by atoms with E-state index in [-0.39, 0.29) is 12.5 Å². The summed E-state index contributed by atoms with van der Waals surface area (Å²) in [5.74, 6) is -0.236. The molecule has 0 amide bonds. The smallest absolute Gasteiger partial charge is 0.303 e. The standard InChI is InChI=1S/C14H21NO2/c1-10(2)12-5-4-6-13(9-12)15-11(3)7-8-14(16)17/h4-6,9-11,15H,7-8H2,1-3H3,(H,16,17). The van der Waals surface area contributed by atoms with E-state index in [0.29, 0.717) is 12.3 Å². The Hall–Kier alpha value is -1.51. The van der Waals surface area contributed by atoms with Gasteiger partial charge in [0, 0.05) is 18.2 Å². The van der Waals surface area contributed by atoms with Crippen molar-refractivity contribution in [3.8, 4) is 0 Å². The van der Waals surface area contributed by atoms with E-state index in [9.17, 15) is 4.79 Å². The fraction of sp³-hybridized carbons (Fsp3) is 0.500. The van der Waals surface area contributed by atoms with Gasteiger partial charge in [0.1, 0.15) is 0 Å². The zero-order valence-electron chi connectivity index (χ0n) is 10.7. The molecule has 0 radical (unpaired) electrons. The average Bonchev–Trinajstić information content (AvgIpc) is 2.26. The van der Waals surface area contributed by atoms with Crippen molar-refractivity contribution in [3.63, 3.8) is 0 Å². The largest absolute Gasteiger partial charge is 0.481 e. The lowest BCUT2D eigenvalue weighted by Gasteiger charge is -2.15. The number of carbonyl (C=O) groups is 1. The molecule has 3 heteroatoms. The molecule has 0 fully saturated rings. The summed E-state index contributed by atoms with van der Waals surface area (Å²) in [5.41, 5.74) is 2.36. The highest BCUT2D eigenvalue weighted by molar-refractivity contribution is 5.66. The topological polar surface area (TPSA) is 49.3 Å². The van der Waals surface area contributed by atoms with Gasteiger partial charge in [-0.1, -0.05) is 26.0 Å². The molecule has 0 bridgehead atoms. The van der Waals surface area contributed by atoms with Crippen molar-refractivity contribution in [1.82, 2.24) is 0 Å². The summed E-state index contributed by atoms with van der Waals surface area (Å²) < 4.78 is 0. The second kappa shape index (κ2) is 6.28. The van der Waals surface area contributed by atoms with Crippen LogP contribution in [0.1, 0.15) is 45.1 Å². The predicted octanol–water partition coefficient (Wildman–Crippen LogP) is 3.48. The molecule has 0 aliphatic heterocycles. The van der Waals surface area contributed by atoms with Gasteiger partial charge in [-0.3, -0.25) is 4.79 Å². The number of hydrogen-bond acceptors (Lipinski definition) is 2. The zero-order valence-corrected chi connectivity index (χ0v) is 10.7. The Kier molecular flexibility index (Phi) is 5.01. The van der Waals surface area contributed by atoms with Gasteiger partial charge in [0.15, 0.2) is 0 Å². The molecule has 1 aromatic rings. The van der Waals surface area contributed by atoms with Crippen LogP contribution in [-0.4, -0.2) is 17.1 Å². The lowest BCUT2D eigenvalue weighted by molar-refractivity contribution is -0.137. The third kappa shape index (κ3) is 4.89. The van der Waals surface area contributed by atoms with Gasteiger partial charge in [-0.15, -0.1) is 0 Å². The molecule has 1 unspecified atom stereocenters. The van der Waals surface area contributed by atoms with Crippen LogP contribution in [0.5, 0.6) is 0 Å². The molecule has 1 rings (SSSR count). The molecule has 1 aromatic carbocycles. The van der Waals surface area contributed by atoms with Crippen LogP contribution < -0.4 is 5.32 Å². The van der Waals surface area contributed by atoms with Crippen LogP contribution in [0.3, 0.4) is 0 Å². The van der Waals surface area contributed by atoms with Crippen LogP contribution in [0, 0.1) is 0 Å². The highest BCUT2D eigenvalue weighted by atomic mass is 16.4. The summed E-state index contributed by atoms with van der Waals surface area (Å²) in [4.78, 5) is 10.5. The van der Waals surface area contributed by atoms with Crippen LogP contribution in [0.15, 0.2) is 24.3 Å². The monoisotopic (exact) mass is 235 g/mol. The molecule has 0 saturated carbocycles. The highest BCUT2D eigenvalue weighted by Gasteiger charge is 2.06. The normalized spacial score (nSPS) is 12.5. The van der Waals surface area contributed by atoms with E-state index in [0.717, 1.165) is 5.69 Å². The van der Waals surface area contributed by atoms with E-state index < -0.39 is 5.97 Å². The van der Waals surface area contributed by atoms with Crippen LogP contribution in [0.25, 0.3) is 0 Å². The fourth-order valence-electron chi connectivity index (χ4n) is 1.68. The lowest BCUT2D eigenvalue weighted by Crippen LogP contribution is -2.16. The minimum absolute atomic E-state index is 0.175. The maximum absolute atomic E-state index is 10.5. The second-order valence-corrected chi connectivity index (χ2v) is 4.76. The molecule has 0 spiro atoms. The number of carboxylic acid groups (broad SMARTS) is 1. The first kappa shape index (κ1) is 13.6. The van der Waals surface area contributed by atoms with Gasteiger partial charge in [0.2, 0.25) is 0 Å². The van der Waals surface area contributed by atoms with Gasteiger partial charge in [-0.25, -0.2) is 0 Å². The van der Waals surface area contributed by atoms with Gasteiger partial charge in [-0.05, 0) is 37.0 Å². The van der Waals surface area contributed by atoms with Gasteiger partial charge in [-0.2, -0.15) is 0 Å². The van der Waals surface area contributed by atoms with E-state index in [4.69, 9.17) is 5.11 Å². The molecule has 0 saturated heterocycles. The minimum atomic E-state index is -0.741. The molecular weight excluding hydrogens is 214 g/mol. The van der Waals surface area contributed by atoms with Crippen molar-refractivity contribution in [2.75, 3.05) is 5.32 Å². The average molecular weight is 235 g/mol. The Labute approximate surface area is 103 Å². The number of nitrogens with one attached hydrogen (secondary N) is 1. The Morgan fingerprint density at radius 3 is 2.65 bits per heavy atom. The van der Waals surface area contributed by atoms with E-state index in [1.165, 1.54) is 5.56 Å². The summed E-state index contributed by atoms with van der Waals surface area (Å²) in [6.07, 6.45) is 0.847. The SMILES string of the molecule is CC(CCC(=O)O)Nc1cccc(C(C)C)c1. The number of hydrogen-bond donors (Lipinski definition) is 2. The highest BCUT2D eigenvalue weighted by Crippen LogP contribution is 2.19. The number of carboxylic acids is 1. The van der Waals surface area contributed by atoms with E-state index >= 15 is 0 Å². The van der Waals surface area contributed by atoms with Gasteiger partial charge < -0.3 is 10.4 Å². The Morgan fingerprint density at radius 1 is 1.35 bits per heavy atom. The Balaban J connectivity index is 2.55. The fourth-order valence-corrected chi connectivity index (χ4v) is 1.68. The van der Waals surface area contributed by atoms with E-state index in [1.54, 1.807) is 0 Å². The van der Waals surface area contributed by atoms with Gasteiger partial charge in [0.25, 0.3) is 0 Å². The molecule has 2 N–H and O–H groups in total. The molecule has 0 heterocycles. The van der Waals surface area contributed by atoms with E-state index in [2.05, 4.69) is 31.3 Å². The summed E-state index contributed by atoms with van der Waals surface area (Å²) in [7, 11) is 0. The predicted molar refractivity (Wildman–Crippen MR) is 70.5 cm³/mol. The lowest BCUT2D eigenvalue weighted by atomic mass is 10.0. The molecule has 0 aliphatic carbocycles. The molecule has 1 atom stereocenters. The van der Waals surface area contributed by atoms with Crippen molar-refractivity contribution < 1.29 is 9.90 Å². The number of benzene rings is 1. The number of anilines is 1. The van der Waals surface area contributed by atoms with Crippen LogP contribution in [0.4, 0.5) is 5.69 Å². The maximum atomic E-state index is 10.5. The first-order valence-electron chi connectivity index (χ1n) is 6.07. The molecular formula is C14H21NO2. The molecule has 3 nitrogen and oxygen atoms in total. The van der Waals surface area contributed by atoms with Crippen LogP contribution >= 0.6 is 0 Å². The van der Waals surface area contributed by atoms with Crippen molar-refractivity contribution in [1.29, 1.82) is 0 Å². The maximum Gasteiger partial charge on any atom is 0.303 e. The van der Waals surface area contributed by atoms with Crippen molar-refractivity contribution in [2.45, 2.75) is 45.6 Å². The zero-order chi connectivity index (χ0) is 12.8. The van der Waals surface area contributed by atoms with Crippen molar-refractivity contribution in [2.24, 2.45) is 0 Å². The molecule has 94 valence electrons. The Morgan fingerprint density at radius 2 is 2.06 bits per heavy atom. The summed E-state index contributed by atoms with van der Waals surface area (Å²) in [5, 5.41) is 11.9. The minimum Gasteiger partial charge on any atom is -0.481 e. The van der Waals surface area contributed by atoms with Crippen LogP contribution in [0.2, 0.25) is 0 Å². The Bertz CT molecular complexity index is 374. The van der Waals surface area contributed by atoms with Crippen molar-refractivity contribution in [3.05, 3.63) is 29.8 Å². The summed E-state index contributed by atoms with van der Waals surface area (Å²) in [6, 6.07) is 8.46. The first-order valence-corrected chi connectivity index (χ1v) is 6.07. The first-order chi connectivity index (χ1) is 7.99. The molecule has 17 heavy (non-hydrogen) atoms. The molecule has 0 aromatic heterocycles. The van der Waals surface area contributed by atoms with Crippen molar-refractivity contribution >= 4 is 11.7 Å². The van der Waals surface area contributed by atoms with E-state index in [1.807, 2.05) is 19.1 Å². The van der Waals surface area contributed by atoms with Crippen LogP contribution in [-0.2, 0) is 4.79 Å². The van der Waals surface area contributed by atoms with Gasteiger partial charge in [0.05, 0.1) is 0 Å². The second-order valence-electron chi connectivity index (χ2n) is 4.76. The number of rotatable bonds is 6. The third-order valence-electron chi connectivity index (χ3n) is 2.76. The quantitative estimate of drug-likeness (QED) is 0.793. The van der Waals surface area contributed by atoms with Gasteiger partial charge >= 0.3 is 5.97 Å². The summed E-state index contributed by atoms with van der Waals surface area (Å²) >= 11 is 0. The molecule has 0 aliphatic rings. The number of aliphatic carboxylic acids is 1. The summed E-state index contributed by atoms with van der Waals surface area (Å²) in [6.45, 7) is 6.32.